The van der Waals surface area contributed by atoms with Crippen LogP contribution in [0.15, 0.2) is 60.7 Å². The van der Waals surface area contributed by atoms with E-state index in [4.69, 9.17) is 4.74 Å². The van der Waals surface area contributed by atoms with Crippen molar-refractivity contribution in [3.8, 4) is 5.75 Å². The Morgan fingerprint density at radius 2 is 1.90 bits per heavy atom. The number of carbonyl (C=O) groups excluding carboxylic acids is 3. The molecule has 6 heteroatoms. The zero-order valence-electron chi connectivity index (χ0n) is 16.3. The van der Waals surface area contributed by atoms with Gasteiger partial charge in [0.1, 0.15) is 5.75 Å². The lowest BCUT2D eigenvalue weighted by molar-refractivity contribution is -0.122. The predicted octanol–water partition coefficient (Wildman–Crippen LogP) is 3.65. The topological polar surface area (TPSA) is 75.7 Å². The van der Waals surface area contributed by atoms with E-state index in [-0.39, 0.29) is 35.5 Å². The maximum Gasteiger partial charge on any atom is 0.255 e. The number of rotatable bonds is 4. The summed E-state index contributed by atoms with van der Waals surface area (Å²) in [7, 11) is 1.56. The summed E-state index contributed by atoms with van der Waals surface area (Å²) in [5.74, 6) is -0.709. The van der Waals surface area contributed by atoms with E-state index in [1.807, 2.05) is 19.1 Å². The van der Waals surface area contributed by atoms with Gasteiger partial charge in [0.25, 0.3) is 5.91 Å². The van der Waals surface area contributed by atoms with Gasteiger partial charge in [-0.1, -0.05) is 31.2 Å². The van der Waals surface area contributed by atoms with E-state index in [0.29, 0.717) is 29.1 Å². The number of carbonyl (C=O) groups is 3. The van der Waals surface area contributed by atoms with Crippen molar-refractivity contribution in [2.75, 3.05) is 17.3 Å². The Morgan fingerprint density at radius 3 is 2.66 bits per heavy atom. The Kier molecular flexibility index (Phi) is 4.92. The quantitative estimate of drug-likeness (QED) is 0.639. The van der Waals surface area contributed by atoms with Crippen molar-refractivity contribution >= 4 is 29.1 Å². The van der Waals surface area contributed by atoms with Gasteiger partial charge in [0.2, 0.25) is 11.8 Å². The molecule has 1 aliphatic carbocycles. The Morgan fingerprint density at radius 1 is 1.10 bits per heavy atom. The fourth-order valence-corrected chi connectivity index (χ4v) is 4.09. The van der Waals surface area contributed by atoms with Crippen LogP contribution in [0.5, 0.6) is 5.75 Å². The lowest BCUT2D eigenvalue weighted by atomic mass is 9.78. The van der Waals surface area contributed by atoms with Gasteiger partial charge in [-0.25, -0.2) is 0 Å². The molecule has 1 fully saturated rings. The Balaban J connectivity index is 1.58. The number of fused-ring (bicyclic) bond motifs is 1. The lowest BCUT2D eigenvalue weighted by Gasteiger charge is -2.22. The highest BCUT2D eigenvalue weighted by Crippen LogP contribution is 2.40. The molecule has 1 saturated heterocycles. The number of nitrogens with zero attached hydrogens (tertiary/aromatic N) is 1. The van der Waals surface area contributed by atoms with E-state index in [2.05, 4.69) is 5.32 Å². The van der Waals surface area contributed by atoms with E-state index in [9.17, 15) is 14.4 Å². The predicted molar refractivity (Wildman–Crippen MR) is 110 cm³/mol. The first kappa shape index (κ1) is 18.9. The van der Waals surface area contributed by atoms with Gasteiger partial charge >= 0.3 is 0 Å². The van der Waals surface area contributed by atoms with Crippen LogP contribution in [0.1, 0.15) is 23.7 Å². The molecule has 3 amide bonds. The molecular formula is C23H22N2O4. The maximum absolute atomic E-state index is 13.0. The summed E-state index contributed by atoms with van der Waals surface area (Å²) in [5, 5.41) is 2.81. The molecule has 1 aliphatic heterocycles. The Labute approximate surface area is 169 Å². The third-order valence-electron chi connectivity index (χ3n) is 5.57. The minimum Gasteiger partial charge on any atom is -0.497 e. The number of nitrogens with one attached hydrogen (secondary N) is 1. The average Bonchev–Trinajstić information content (AvgIpc) is 2.99. The smallest absolute Gasteiger partial charge is 0.255 e. The van der Waals surface area contributed by atoms with Crippen LogP contribution in [-0.2, 0) is 9.59 Å². The molecule has 1 heterocycles. The van der Waals surface area contributed by atoms with Crippen molar-refractivity contribution in [2.45, 2.75) is 13.3 Å². The van der Waals surface area contributed by atoms with Gasteiger partial charge in [-0.05, 0) is 42.7 Å². The lowest BCUT2D eigenvalue weighted by Crippen LogP contribution is -2.31. The van der Waals surface area contributed by atoms with E-state index in [1.165, 1.54) is 4.90 Å². The Hall–Kier alpha value is -3.41. The summed E-state index contributed by atoms with van der Waals surface area (Å²) in [6, 6.07) is 13.7. The van der Waals surface area contributed by atoms with Crippen molar-refractivity contribution in [1.82, 2.24) is 0 Å². The number of benzene rings is 2. The van der Waals surface area contributed by atoms with E-state index in [0.717, 1.165) is 0 Å². The summed E-state index contributed by atoms with van der Waals surface area (Å²) in [6.45, 7) is 1.96. The summed E-state index contributed by atoms with van der Waals surface area (Å²) in [5.41, 5.74) is 1.39. The van der Waals surface area contributed by atoms with Crippen molar-refractivity contribution in [3.05, 3.63) is 66.2 Å². The standard InChI is InChI=1S/C23H22N2O4/c1-14-6-3-11-19-20(14)23(28)25(22(19)27)17-9-4-7-15(12-17)21(26)24-16-8-5-10-18(13-16)29-2/h3-10,12-14,19-20H,11H2,1-2H3,(H,24,26)/t14-,19-,20+/m1/s1. The third-order valence-corrected chi connectivity index (χ3v) is 5.57. The minimum absolute atomic E-state index is 0.0229. The van der Waals surface area contributed by atoms with Crippen LogP contribution < -0.4 is 15.0 Å². The summed E-state index contributed by atoms with van der Waals surface area (Å²) in [4.78, 5) is 39.8. The molecule has 4 rings (SSSR count). The van der Waals surface area contributed by atoms with E-state index < -0.39 is 0 Å². The second-order valence-electron chi connectivity index (χ2n) is 7.40. The molecule has 0 saturated carbocycles. The van der Waals surface area contributed by atoms with Gasteiger partial charge in [-0.15, -0.1) is 0 Å². The van der Waals surface area contributed by atoms with Crippen LogP contribution in [0.3, 0.4) is 0 Å². The molecule has 1 N–H and O–H groups in total. The molecule has 0 bridgehead atoms. The van der Waals surface area contributed by atoms with Crippen molar-refractivity contribution < 1.29 is 19.1 Å². The molecule has 3 atom stereocenters. The molecule has 29 heavy (non-hydrogen) atoms. The molecule has 0 radical (unpaired) electrons. The van der Waals surface area contributed by atoms with Crippen LogP contribution in [0.2, 0.25) is 0 Å². The summed E-state index contributed by atoms with van der Waals surface area (Å²) >= 11 is 0. The van der Waals surface area contributed by atoms with Gasteiger partial charge in [-0.2, -0.15) is 0 Å². The van der Waals surface area contributed by atoms with Crippen LogP contribution in [0.4, 0.5) is 11.4 Å². The molecule has 0 aromatic heterocycles. The summed E-state index contributed by atoms with van der Waals surface area (Å²) < 4.78 is 5.17. The molecule has 2 aromatic rings. The minimum atomic E-state index is -0.332. The highest BCUT2D eigenvalue weighted by Gasteiger charge is 2.50. The fourth-order valence-electron chi connectivity index (χ4n) is 4.09. The monoisotopic (exact) mass is 390 g/mol. The number of amides is 3. The summed E-state index contributed by atoms with van der Waals surface area (Å²) in [6.07, 6.45) is 4.54. The SMILES string of the molecule is COc1cccc(NC(=O)c2cccc(N3C(=O)[C@H]4[C@H](C)C=CC[C@H]4C3=O)c2)c1. The fraction of sp³-hybridized carbons (Fsp3) is 0.261. The number of allylic oxidation sites excluding steroid dienone is 2. The van der Waals surface area contributed by atoms with Crippen molar-refractivity contribution in [3.63, 3.8) is 0 Å². The average molecular weight is 390 g/mol. The van der Waals surface area contributed by atoms with Crippen LogP contribution >= 0.6 is 0 Å². The normalized spacial score (nSPS) is 23.1. The molecule has 148 valence electrons. The van der Waals surface area contributed by atoms with Gasteiger partial charge < -0.3 is 10.1 Å². The molecule has 2 aromatic carbocycles. The maximum atomic E-state index is 13.0. The van der Waals surface area contributed by atoms with Crippen molar-refractivity contribution in [1.29, 1.82) is 0 Å². The number of anilines is 2. The molecule has 2 aliphatic rings. The first-order chi connectivity index (χ1) is 14.0. The largest absolute Gasteiger partial charge is 0.497 e. The molecule has 0 unspecified atom stereocenters. The van der Waals surface area contributed by atoms with Gasteiger partial charge in [0.15, 0.2) is 0 Å². The highest BCUT2D eigenvalue weighted by atomic mass is 16.5. The second-order valence-corrected chi connectivity index (χ2v) is 7.40. The van der Waals surface area contributed by atoms with Gasteiger partial charge in [0, 0.05) is 17.3 Å². The zero-order valence-corrected chi connectivity index (χ0v) is 16.3. The third kappa shape index (κ3) is 3.42. The number of methoxy groups -OCH3 is 1. The molecule has 0 spiro atoms. The first-order valence-corrected chi connectivity index (χ1v) is 9.59. The number of hydrogen-bond acceptors (Lipinski definition) is 4. The number of ether oxygens (including phenoxy) is 1. The highest BCUT2D eigenvalue weighted by molar-refractivity contribution is 6.22. The zero-order chi connectivity index (χ0) is 20.5. The Bertz CT molecular complexity index is 1010. The van der Waals surface area contributed by atoms with Crippen molar-refractivity contribution in [2.24, 2.45) is 17.8 Å². The van der Waals surface area contributed by atoms with Gasteiger partial charge in [0.05, 0.1) is 24.6 Å². The number of hydrogen-bond donors (Lipinski definition) is 1. The molecular weight excluding hydrogens is 368 g/mol. The second kappa shape index (κ2) is 7.54. The van der Waals surface area contributed by atoms with E-state index in [1.54, 1.807) is 55.6 Å². The van der Waals surface area contributed by atoms with Gasteiger partial charge in [-0.3, -0.25) is 19.3 Å². The number of imide groups is 1. The molecule has 6 nitrogen and oxygen atoms in total. The van der Waals surface area contributed by atoms with Crippen LogP contribution in [-0.4, -0.2) is 24.8 Å². The van der Waals surface area contributed by atoms with E-state index >= 15 is 0 Å². The first-order valence-electron chi connectivity index (χ1n) is 9.59. The van der Waals surface area contributed by atoms with Crippen LogP contribution in [0, 0.1) is 17.8 Å². The van der Waals surface area contributed by atoms with Crippen LogP contribution in [0.25, 0.3) is 0 Å².